The van der Waals surface area contributed by atoms with Gasteiger partial charge < -0.3 is 5.32 Å². The molecule has 3 rings (SSSR count). The maximum Gasteiger partial charge on any atom is 0.0243 e. The highest BCUT2D eigenvalue weighted by Gasteiger charge is 2.38. The molecule has 0 radical (unpaired) electrons. The third kappa shape index (κ3) is 2.31. The minimum absolute atomic E-state index is 0.290. The number of rotatable bonds is 3. The molecule has 0 atom stereocenters. The van der Waals surface area contributed by atoms with E-state index in [0.717, 1.165) is 19.5 Å². The highest BCUT2D eigenvalue weighted by molar-refractivity contribution is 5.37. The minimum Gasteiger partial charge on any atom is -0.315 e. The lowest BCUT2D eigenvalue weighted by Crippen LogP contribution is -2.58. The molecule has 1 aliphatic rings. The molecule has 0 unspecified atom stereocenters. The molecule has 1 heterocycles. The van der Waals surface area contributed by atoms with Gasteiger partial charge in [0.25, 0.3) is 0 Å². The lowest BCUT2D eigenvalue weighted by atomic mass is 9.70. The topological polar surface area (TPSA) is 12.0 Å². The van der Waals surface area contributed by atoms with E-state index in [2.05, 4.69) is 67.7 Å². The Morgan fingerprint density at radius 1 is 1.00 bits per heavy atom. The van der Waals surface area contributed by atoms with E-state index in [9.17, 15) is 0 Å². The standard InChI is InChI=1S/C18H21N/c1-14-6-5-9-17(10-14)18(12-19-13-18)11-16-8-4-3-7-15(16)2/h3-10,19H,11-13H2,1-2H3. The van der Waals surface area contributed by atoms with Crippen molar-refractivity contribution in [2.45, 2.75) is 25.7 Å². The van der Waals surface area contributed by atoms with Crippen molar-refractivity contribution in [1.82, 2.24) is 5.32 Å². The van der Waals surface area contributed by atoms with Crippen molar-refractivity contribution >= 4 is 0 Å². The number of benzene rings is 2. The first kappa shape index (κ1) is 12.4. The third-order valence-electron chi connectivity index (χ3n) is 4.35. The molecular formula is C18H21N. The van der Waals surface area contributed by atoms with Gasteiger partial charge in [-0.05, 0) is 37.0 Å². The van der Waals surface area contributed by atoms with E-state index in [-0.39, 0.29) is 5.41 Å². The first-order chi connectivity index (χ1) is 9.20. The highest BCUT2D eigenvalue weighted by atomic mass is 15.0. The molecule has 0 aromatic heterocycles. The van der Waals surface area contributed by atoms with Gasteiger partial charge in [-0.3, -0.25) is 0 Å². The summed E-state index contributed by atoms with van der Waals surface area (Å²) in [6.07, 6.45) is 1.14. The molecule has 1 heteroatoms. The number of aryl methyl sites for hydroxylation is 2. The highest BCUT2D eigenvalue weighted by Crippen LogP contribution is 2.33. The Morgan fingerprint density at radius 2 is 1.79 bits per heavy atom. The van der Waals surface area contributed by atoms with Crippen LogP contribution in [-0.2, 0) is 11.8 Å². The zero-order valence-corrected chi connectivity index (χ0v) is 11.7. The molecule has 0 amide bonds. The van der Waals surface area contributed by atoms with Crippen molar-refractivity contribution in [2.75, 3.05) is 13.1 Å². The smallest absolute Gasteiger partial charge is 0.0243 e. The van der Waals surface area contributed by atoms with E-state index in [0.29, 0.717) is 0 Å². The molecular weight excluding hydrogens is 230 g/mol. The number of nitrogens with one attached hydrogen (secondary N) is 1. The SMILES string of the molecule is Cc1cccc(C2(Cc3ccccc3C)CNC2)c1. The van der Waals surface area contributed by atoms with E-state index in [1.807, 2.05) is 0 Å². The van der Waals surface area contributed by atoms with Gasteiger partial charge in [-0.1, -0.05) is 54.1 Å². The molecule has 98 valence electrons. The Bertz CT molecular complexity index is 582. The summed E-state index contributed by atoms with van der Waals surface area (Å²) in [5, 5.41) is 3.46. The maximum atomic E-state index is 3.46. The molecule has 1 nitrogen and oxygen atoms in total. The average Bonchev–Trinajstić information content (AvgIpc) is 2.36. The van der Waals surface area contributed by atoms with Gasteiger partial charge in [0.1, 0.15) is 0 Å². The van der Waals surface area contributed by atoms with Crippen LogP contribution in [0.1, 0.15) is 22.3 Å². The van der Waals surface area contributed by atoms with Crippen LogP contribution in [0.5, 0.6) is 0 Å². The van der Waals surface area contributed by atoms with Gasteiger partial charge >= 0.3 is 0 Å². The molecule has 1 N–H and O–H groups in total. The van der Waals surface area contributed by atoms with Crippen molar-refractivity contribution < 1.29 is 0 Å². The fourth-order valence-corrected chi connectivity index (χ4v) is 3.01. The molecule has 19 heavy (non-hydrogen) atoms. The van der Waals surface area contributed by atoms with Crippen LogP contribution in [-0.4, -0.2) is 13.1 Å². The lowest BCUT2D eigenvalue weighted by Gasteiger charge is -2.44. The van der Waals surface area contributed by atoms with Crippen LogP contribution in [0, 0.1) is 13.8 Å². The van der Waals surface area contributed by atoms with Crippen LogP contribution in [0.3, 0.4) is 0 Å². The molecule has 2 aromatic rings. The summed E-state index contributed by atoms with van der Waals surface area (Å²) in [4.78, 5) is 0. The van der Waals surface area contributed by atoms with Crippen molar-refractivity contribution in [2.24, 2.45) is 0 Å². The van der Waals surface area contributed by atoms with Crippen LogP contribution in [0.2, 0.25) is 0 Å². The summed E-state index contributed by atoms with van der Waals surface area (Å²) < 4.78 is 0. The van der Waals surface area contributed by atoms with E-state index < -0.39 is 0 Å². The molecule has 0 saturated carbocycles. The molecule has 1 fully saturated rings. The second-order valence-electron chi connectivity index (χ2n) is 5.86. The molecule has 0 bridgehead atoms. The summed E-state index contributed by atoms with van der Waals surface area (Å²) in [6.45, 7) is 6.57. The Labute approximate surface area is 115 Å². The van der Waals surface area contributed by atoms with Gasteiger partial charge in [-0.25, -0.2) is 0 Å². The molecule has 2 aromatic carbocycles. The average molecular weight is 251 g/mol. The van der Waals surface area contributed by atoms with Crippen molar-refractivity contribution in [3.63, 3.8) is 0 Å². The van der Waals surface area contributed by atoms with Crippen LogP contribution < -0.4 is 5.32 Å². The molecule has 0 spiro atoms. The maximum absolute atomic E-state index is 3.46. The normalized spacial score (nSPS) is 16.9. The second-order valence-corrected chi connectivity index (χ2v) is 5.86. The monoisotopic (exact) mass is 251 g/mol. The molecule has 1 aliphatic heterocycles. The Hall–Kier alpha value is -1.60. The Morgan fingerprint density at radius 3 is 2.42 bits per heavy atom. The molecule has 0 aliphatic carbocycles. The van der Waals surface area contributed by atoms with Crippen molar-refractivity contribution in [1.29, 1.82) is 0 Å². The van der Waals surface area contributed by atoms with E-state index in [4.69, 9.17) is 0 Å². The number of hydrogen-bond acceptors (Lipinski definition) is 1. The molecule has 1 saturated heterocycles. The van der Waals surface area contributed by atoms with Crippen LogP contribution in [0.4, 0.5) is 0 Å². The largest absolute Gasteiger partial charge is 0.315 e. The number of hydrogen-bond donors (Lipinski definition) is 1. The van der Waals surface area contributed by atoms with Crippen LogP contribution in [0.25, 0.3) is 0 Å². The predicted molar refractivity (Wildman–Crippen MR) is 80.6 cm³/mol. The van der Waals surface area contributed by atoms with Gasteiger partial charge in [-0.15, -0.1) is 0 Å². The van der Waals surface area contributed by atoms with Crippen LogP contribution in [0.15, 0.2) is 48.5 Å². The summed E-state index contributed by atoms with van der Waals surface area (Å²) in [5.41, 5.74) is 6.01. The summed E-state index contributed by atoms with van der Waals surface area (Å²) in [7, 11) is 0. The van der Waals surface area contributed by atoms with Crippen molar-refractivity contribution in [3.8, 4) is 0 Å². The fraction of sp³-hybridized carbons (Fsp3) is 0.333. The first-order valence-corrected chi connectivity index (χ1v) is 7.02. The summed E-state index contributed by atoms with van der Waals surface area (Å²) >= 11 is 0. The van der Waals surface area contributed by atoms with Gasteiger partial charge in [0.05, 0.1) is 0 Å². The quantitative estimate of drug-likeness (QED) is 0.881. The van der Waals surface area contributed by atoms with Crippen LogP contribution >= 0.6 is 0 Å². The van der Waals surface area contributed by atoms with E-state index in [1.165, 1.54) is 22.3 Å². The van der Waals surface area contributed by atoms with Gasteiger partial charge in [-0.2, -0.15) is 0 Å². The van der Waals surface area contributed by atoms with E-state index in [1.54, 1.807) is 0 Å². The van der Waals surface area contributed by atoms with Gasteiger partial charge in [0, 0.05) is 18.5 Å². The summed E-state index contributed by atoms with van der Waals surface area (Å²) in [6, 6.07) is 17.7. The summed E-state index contributed by atoms with van der Waals surface area (Å²) in [5.74, 6) is 0. The predicted octanol–water partition coefficient (Wildman–Crippen LogP) is 3.39. The van der Waals surface area contributed by atoms with E-state index >= 15 is 0 Å². The Kier molecular flexibility index (Phi) is 3.16. The third-order valence-corrected chi connectivity index (χ3v) is 4.35. The van der Waals surface area contributed by atoms with Crippen molar-refractivity contribution in [3.05, 3.63) is 70.8 Å². The van der Waals surface area contributed by atoms with Gasteiger partial charge in [0.15, 0.2) is 0 Å². The first-order valence-electron chi connectivity index (χ1n) is 7.02. The second kappa shape index (κ2) is 4.82. The zero-order chi connectivity index (χ0) is 13.3. The van der Waals surface area contributed by atoms with Gasteiger partial charge in [0.2, 0.25) is 0 Å². The minimum atomic E-state index is 0.290. The lowest BCUT2D eigenvalue weighted by molar-refractivity contribution is 0.274. The zero-order valence-electron chi connectivity index (χ0n) is 11.7. The Balaban J connectivity index is 1.94. The fourth-order valence-electron chi connectivity index (χ4n) is 3.01.